The molecule has 0 aliphatic carbocycles. The summed E-state index contributed by atoms with van der Waals surface area (Å²) in [5, 5.41) is 11.8. The molecule has 0 unspecified atom stereocenters. The van der Waals surface area contributed by atoms with Crippen LogP contribution in [-0.2, 0) is 6.42 Å². The standard InChI is InChI=1S/C17H17NO3/c1-12-6-2-3-7-13(12)10-11-18-16(19)14-8-4-5-9-15(14)17(20)21/h2-9H,10-11H2,1H3,(H,18,19)(H,20,21). The Hall–Kier alpha value is -2.62. The number of carboxylic acid groups (broad SMARTS) is 1. The molecule has 0 fully saturated rings. The molecule has 2 rings (SSSR count). The number of rotatable bonds is 5. The normalized spacial score (nSPS) is 10.1. The predicted molar refractivity (Wildman–Crippen MR) is 80.6 cm³/mol. The number of aryl methyl sites for hydroxylation is 1. The van der Waals surface area contributed by atoms with Crippen LogP contribution in [0.25, 0.3) is 0 Å². The van der Waals surface area contributed by atoms with Crippen molar-refractivity contribution in [1.29, 1.82) is 0 Å². The minimum atomic E-state index is -1.10. The fourth-order valence-electron chi connectivity index (χ4n) is 2.16. The largest absolute Gasteiger partial charge is 0.478 e. The molecule has 0 bridgehead atoms. The Morgan fingerprint density at radius 1 is 1.00 bits per heavy atom. The first kappa shape index (κ1) is 14.8. The number of carboxylic acids is 1. The monoisotopic (exact) mass is 283 g/mol. The summed E-state index contributed by atoms with van der Waals surface area (Å²) in [5.41, 5.74) is 2.56. The molecular weight excluding hydrogens is 266 g/mol. The lowest BCUT2D eigenvalue weighted by Crippen LogP contribution is -2.27. The minimum absolute atomic E-state index is 0.0193. The van der Waals surface area contributed by atoms with Gasteiger partial charge in [-0.05, 0) is 36.6 Å². The first-order valence-corrected chi connectivity index (χ1v) is 6.74. The Bertz CT molecular complexity index is 665. The number of amides is 1. The Balaban J connectivity index is 2.00. The van der Waals surface area contributed by atoms with Gasteiger partial charge in [-0.1, -0.05) is 36.4 Å². The minimum Gasteiger partial charge on any atom is -0.478 e. The van der Waals surface area contributed by atoms with E-state index in [1.807, 2.05) is 31.2 Å². The molecule has 0 spiro atoms. The van der Waals surface area contributed by atoms with Crippen LogP contribution >= 0.6 is 0 Å². The zero-order valence-electron chi connectivity index (χ0n) is 11.8. The summed E-state index contributed by atoms with van der Waals surface area (Å²) in [6, 6.07) is 14.2. The van der Waals surface area contributed by atoms with Gasteiger partial charge in [-0.3, -0.25) is 4.79 Å². The van der Waals surface area contributed by atoms with Gasteiger partial charge in [0.05, 0.1) is 11.1 Å². The van der Waals surface area contributed by atoms with Gasteiger partial charge in [0, 0.05) is 6.54 Å². The molecule has 0 atom stereocenters. The topological polar surface area (TPSA) is 66.4 Å². The molecule has 1 amide bonds. The van der Waals surface area contributed by atoms with Crippen LogP contribution in [0.2, 0.25) is 0 Å². The number of aromatic carboxylic acids is 1. The SMILES string of the molecule is Cc1ccccc1CCNC(=O)c1ccccc1C(=O)O. The fraction of sp³-hybridized carbons (Fsp3) is 0.176. The second-order valence-electron chi connectivity index (χ2n) is 4.78. The fourth-order valence-corrected chi connectivity index (χ4v) is 2.16. The summed E-state index contributed by atoms with van der Waals surface area (Å²) in [5.74, 6) is -1.46. The first-order chi connectivity index (χ1) is 10.1. The van der Waals surface area contributed by atoms with Gasteiger partial charge in [-0.2, -0.15) is 0 Å². The van der Waals surface area contributed by atoms with Crippen LogP contribution in [0.15, 0.2) is 48.5 Å². The van der Waals surface area contributed by atoms with Gasteiger partial charge in [0.15, 0.2) is 0 Å². The number of hydrogen-bond donors (Lipinski definition) is 2. The summed E-state index contributed by atoms with van der Waals surface area (Å²) in [6.45, 7) is 2.49. The van der Waals surface area contributed by atoms with Gasteiger partial charge < -0.3 is 10.4 Å². The van der Waals surface area contributed by atoms with E-state index in [9.17, 15) is 9.59 Å². The van der Waals surface area contributed by atoms with Crippen LogP contribution in [0, 0.1) is 6.92 Å². The molecule has 2 aromatic carbocycles. The molecule has 0 aliphatic heterocycles. The first-order valence-electron chi connectivity index (χ1n) is 6.74. The molecule has 0 heterocycles. The average Bonchev–Trinajstić information content (AvgIpc) is 2.49. The number of carbonyl (C=O) groups is 2. The molecule has 21 heavy (non-hydrogen) atoms. The van der Waals surface area contributed by atoms with E-state index in [1.54, 1.807) is 12.1 Å². The molecule has 4 nitrogen and oxygen atoms in total. The van der Waals surface area contributed by atoms with Crippen LogP contribution in [0.4, 0.5) is 0 Å². The van der Waals surface area contributed by atoms with E-state index in [1.165, 1.54) is 23.3 Å². The highest BCUT2D eigenvalue weighted by molar-refractivity contribution is 6.04. The summed E-state index contributed by atoms with van der Waals surface area (Å²) in [4.78, 5) is 23.2. The molecular formula is C17H17NO3. The van der Waals surface area contributed by atoms with E-state index in [4.69, 9.17) is 5.11 Å². The quantitative estimate of drug-likeness (QED) is 0.886. The highest BCUT2D eigenvalue weighted by Gasteiger charge is 2.15. The van der Waals surface area contributed by atoms with Gasteiger partial charge in [-0.25, -0.2) is 4.79 Å². The van der Waals surface area contributed by atoms with Crippen molar-refractivity contribution < 1.29 is 14.7 Å². The summed E-state index contributed by atoms with van der Waals surface area (Å²) >= 11 is 0. The van der Waals surface area contributed by atoms with E-state index in [0.29, 0.717) is 13.0 Å². The average molecular weight is 283 g/mol. The summed E-state index contributed by atoms with van der Waals surface area (Å²) < 4.78 is 0. The molecule has 0 saturated heterocycles. The Morgan fingerprint density at radius 3 is 2.29 bits per heavy atom. The van der Waals surface area contributed by atoms with Crippen LogP contribution in [0.3, 0.4) is 0 Å². The van der Waals surface area contributed by atoms with E-state index >= 15 is 0 Å². The summed E-state index contributed by atoms with van der Waals surface area (Å²) in [7, 11) is 0. The predicted octanol–water partition coefficient (Wildman–Crippen LogP) is 2.67. The Labute approximate surface area is 123 Å². The van der Waals surface area contributed by atoms with Gasteiger partial charge in [0.1, 0.15) is 0 Å². The zero-order chi connectivity index (χ0) is 15.2. The second kappa shape index (κ2) is 6.70. The van der Waals surface area contributed by atoms with Gasteiger partial charge in [0.25, 0.3) is 5.91 Å². The van der Waals surface area contributed by atoms with Crippen LogP contribution in [-0.4, -0.2) is 23.5 Å². The van der Waals surface area contributed by atoms with Crippen molar-refractivity contribution in [3.05, 3.63) is 70.8 Å². The molecule has 2 N–H and O–H groups in total. The Kier molecular flexibility index (Phi) is 4.72. The van der Waals surface area contributed by atoms with E-state index in [2.05, 4.69) is 5.32 Å². The van der Waals surface area contributed by atoms with E-state index < -0.39 is 5.97 Å². The van der Waals surface area contributed by atoms with Crippen LogP contribution in [0.5, 0.6) is 0 Å². The van der Waals surface area contributed by atoms with Crippen molar-refractivity contribution in [3.8, 4) is 0 Å². The third-order valence-corrected chi connectivity index (χ3v) is 3.34. The third kappa shape index (κ3) is 3.69. The molecule has 0 aromatic heterocycles. The van der Waals surface area contributed by atoms with Crippen molar-refractivity contribution in [2.24, 2.45) is 0 Å². The number of nitrogens with one attached hydrogen (secondary N) is 1. The third-order valence-electron chi connectivity index (χ3n) is 3.34. The smallest absolute Gasteiger partial charge is 0.336 e. The van der Waals surface area contributed by atoms with Crippen molar-refractivity contribution in [1.82, 2.24) is 5.32 Å². The number of benzene rings is 2. The highest BCUT2D eigenvalue weighted by Crippen LogP contribution is 2.10. The Morgan fingerprint density at radius 2 is 1.62 bits per heavy atom. The zero-order valence-corrected chi connectivity index (χ0v) is 11.8. The van der Waals surface area contributed by atoms with Gasteiger partial charge in [0.2, 0.25) is 0 Å². The number of hydrogen-bond acceptors (Lipinski definition) is 2. The molecule has 0 radical (unpaired) electrons. The highest BCUT2D eigenvalue weighted by atomic mass is 16.4. The molecule has 2 aromatic rings. The lowest BCUT2D eigenvalue weighted by atomic mass is 10.1. The van der Waals surface area contributed by atoms with Gasteiger partial charge >= 0.3 is 5.97 Å². The molecule has 0 aliphatic rings. The van der Waals surface area contributed by atoms with E-state index in [-0.39, 0.29) is 17.0 Å². The van der Waals surface area contributed by atoms with Crippen LogP contribution in [0.1, 0.15) is 31.8 Å². The lowest BCUT2D eigenvalue weighted by Gasteiger charge is -2.09. The van der Waals surface area contributed by atoms with Gasteiger partial charge in [-0.15, -0.1) is 0 Å². The number of carbonyl (C=O) groups excluding carboxylic acids is 1. The van der Waals surface area contributed by atoms with Crippen molar-refractivity contribution >= 4 is 11.9 Å². The molecule has 108 valence electrons. The van der Waals surface area contributed by atoms with E-state index in [0.717, 1.165) is 0 Å². The summed E-state index contributed by atoms with van der Waals surface area (Å²) in [6.07, 6.45) is 0.716. The van der Waals surface area contributed by atoms with Crippen molar-refractivity contribution in [2.75, 3.05) is 6.54 Å². The van der Waals surface area contributed by atoms with Crippen molar-refractivity contribution in [2.45, 2.75) is 13.3 Å². The second-order valence-corrected chi connectivity index (χ2v) is 4.78. The van der Waals surface area contributed by atoms with Crippen LogP contribution < -0.4 is 5.32 Å². The maximum absolute atomic E-state index is 12.1. The maximum atomic E-state index is 12.1. The molecule has 0 saturated carbocycles. The lowest BCUT2D eigenvalue weighted by molar-refractivity contribution is 0.0691. The van der Waals surface area contributed by atoms with Crippen molar-refractivity contribution in [3.63, 3.8) is 0 Å². The maximum Gasteiger partial charge on any atom is 0.336 e. The molecule has 4 heteroatoms.